The lowest BCUT2D eigenvalue weighted by Gasteiger charge is -2.44. The van der Waals surface area contributed by atoms with Crippen molar-refractivity contribution in [3.05, 3.63) is 24.3 Å². The van der Waals surface area contributed by atoms with Crippen LogP contribution in [0.5, 0.6) is 0 Å². The van der Waals surface area contributed by atoms with E-state index in [9.17, 15) is 5.11 Å². The van der Waals surface area contributed by atoms with Gasteiger partial charge in [0.2, 0.25) is 0 Å². The Labute approximate surface area is 93.9 Å². The van der Waals surface area contributed by atoms with Crippen LogP contribution in [-0.4, -0.2) is 11.7 Å². The van der Waals surface area contributed by atoms with Crippen LogP contribution < -0.4 is 0 Å². The zero-order valence-electron chi connectivity index (χ0n) is 10.3. The Morgan fingerprint density at radius 2 is 1.93 bits per heavy atom. The average Bonchev–Trinajstić information content (AvgIpc) is 2.17. The fourth-order valence-corrected chi connectivity index (χ4v) is 2.80. The molecule has 0 unspecified atom stereocenters. The normalized spacial score (nSPS) is 36.3. The maximum Gasteiger partial charge on any atom is 0.0490 e. The molecule has 0 heterocycles. The minimum absolute atomic E-state index is 0.0395. The lowest BCUT2D eigenvalue weighted by atomic mass is 9.61. The molecule has 0 radical (unpaired) electrons. The van der Waals surface area contributed by atoms with Crippen molar-refractivity contribution in [2.75, 3.05) is 6.61 Å². The Morgan fingerprint density at radius 1 is 1.33 bits per heavy atom. The van der Waals surface area contributed by atoms with Gasteiger partial charge < -0.3 is 5.11 Å². The van der Waals surface area contributed by atoms with Gasteiger partial charge in [-0.05, 0) is 50.4 Å². The second-order valence-corrected chi connectivity index (χ2v) is 5.53. The van der Waals surface area contributed by atoms with Gasteiger partial charge in [-0.3, -0.25) is 0 Å². The Hall–Kier alpha value is -0.560. The number of rotatable bonds is 3. The van der Waals surface area contributed by atoms with Gasteiger partial charge in [-0.1, -0.05) is 31.2 Å². The monoisotopic (exact) mass is 208 g/mol. The first-order valence-electron chi connectivity index (χ1n) is 5.82. The van der Waals surface area contributed by atoms with Gasteiger partial charge in [0.25, 0.3) is 0 Å². The SMILES string of the molecule is C=C(C)[C@H]1CC[C@@](C)(CO)[C@H](C(=C)C)C1. The van der Waals surface area contributed by atoms with Crippen LogP contribution in [0.2, 0.25) is 0 Å². The van der Waals surface area contributed by atoms with Crippen LogP contribution in [-0.2, 0) is 0 Å². The highest BCUT2D eigenvalue weighted by Gasteiger charge is 2.39. The van der Waals surface area contributed by atoms with E-state index in [-0.39, 0.29) is 12.0 Å². The summed E-state index contributed by atoms with van der Waals surface area (Å²) in [6.07, 6.45) is 3.36. The number of hydrogen-bond acceptors (Lipinski definition) is 1. The second-order valence-electron chi connectivity index (χ2n) is 5.53. The molecule has 0 spiro atoms. The van der Waals surface area contributed by atoms with Crippen LogP contribution in [0.4, 0.5) is 0 Å². The summed E-state index contributed by atoms with van der Waals surface area (Å²) in [4.78, 5) is 0. The molecule has 0 bridgehead atoms. The fourth-order valence-electron chi connectivity index (χ4n) is 2.80. The van der Waals surface area contributed by atoms with Gasteiger partial charge in [0.1, 0.15) is 0 Å². The van der Waals surface area contributed by atoms with E-state index in [1.54, 1.807) is 0 Å². The van der Waals surface area contributed by atoms with Crippen molar-refractivity contribution in [3.8, 4) is 0 Å². The van der Waals surface area contributed by atoms with Crippen molar-refractivity contribution in [2.45, 2.75) is 40.0 Å². The number of hydrogen-bond donors (Lipinski definition) is 1. The van der Waals surface area contributed by atoms with Crippen molar-refractivity contribution in [1.29, 1.82) is 0 Å². The Balaban J connectivity index is 2.83. The number of allylic oxidation sites excluding steroid dienone is 2. The quantitative estimate of drug-likeness (QED) is 0.703. The fraction of sp³-hybridized carbons (Fsp3) is 0.714. The van der Waals surface area contributed by atoms with E-state index in [4.69, 9.17) is 0 Å². The van der Waals surface area contributed by atoms with E-state index in [1.807, 2.05) is 0 Å². The van der Waals surface area contributed by atoms with Crippen molar-refractivity contribution >= 4 is 0 Å². The minimum Gasteiger partial charge on any atom is -0.396 e. The molecule has 1 N–H and O–H groups in total. The van der Waals surface area contributed by atoms with Crippen molar-refractivity contribution < 1.29 is 5.11 Å². The summed E-state index contributed by atoms with van der Waals surface area (Å²) in [6, 6.07) is 0. The van der Waals surface area contributed by atoms with E-state index in [2.05, 4.69) is 33.9 Å². The molecule has 1 fully saturated rings. The molecule has 1 aliphatic rings. The molecular weight excluding hydrogens is 184 g/mol. The van der Waals surface area contributed by atoms with Crippen molar-refractivity contribution in [3.63, 3.8) is 0 Å². The van der Waals surface area contributed by atoms with Crippen LogP contribution in [0.15, 0.2) is 24.3 Å². The first-order valence-corrected chi connectivity index (χ1v) is 5.82. The van der Waals surface area contributed by atoms with E-state index < -0.39 is 0 Å². The lowest BCUT2D eigenvalue weighted by molar-refractivity contribution is 0.0439. The summed E-state index contributed by atoms with van der Waals surface area (Å²) in [5, 5.41) is 9.53. The van der Waals surface area contributed by atoms with Crippen molar-refractivity contribution in [1.82, 2.24) is 0 Å². The molecule has 0 saturated heterocycles. The Bertz CT molecular complexity index is 267. The molecular formula is C14H24O. The molecule has 0 aromatic rings. The van der Waals surface area contributed by atoms with Crippen LogP contribution in [0.25, 0.3) is 0 Å². The first kappa shape index (κ1) is 12.5. The second kappa shape index (κ2) is 4.52. The molecule has 0 aromatic carbocycles. The van der Waals surface area contributed by atoms with Gasteiger partial charge >= 0.3 is 0 Å². The molecule has 1 saturated carbocycles. The Kier molecular flexibility index (Phi) is 3.77. The van der Waals surface area contributed by atoms with Crippen molar-refractivity contribution in [2.24, 2.45) is 17.3 Å². The highest BCUT2D eigenvalue weighted by Crippen LogP contribution is 2.47. The van der Waals surface area contributed by atoms with Gasteiger partial charge in [0.15, 0.2) is 0 Å². The average molecular weight is 208 g/mol. The maximum atomic E-state index is 9.53. The molecule has 86 valence electrons. The maximum absolute atomic E-state index is 9.53. The molecule has 1 rings (SSSR count). The molecule has 0 aliphatic heterocycles. The predicted molar refractivity (Wildman–Crippen MR) is 65.7 cm³/mol. The van der Waals surface area contributed by atoms with E-state index in [0.717, 1.165) is 19.3 Å². The van der Waals surface area contributed by atoms with Crippen LogP contribution >= 0.6 is 0 Å². The van der Waals surface area contributed by atoms with E-state index in [1.165, 1.54) is 11.1 Å². The molecule has 1 heteroatoms. The first-order chi connectivity index (χ1) is 6.90. The van der Waals surface area contributed by atoms with E-state index >= 15 is 0 Å². The largest absolute Gasteiger partial charge is 0.396 e. The van der Waals surface area contributed by atoms with Gasteiger partial charge in [-0.2, -0.15) is 0 Å². The lowest BCUT2D eigenvalue weighted by Crippen LogP contribution is -2.38. The summed E-state index contributed by atoms with van der Waals surface area (Å²) in [6.45, 7) is 14.8. The molecule has 0 amide bonds. The zero-order chi connectivity index (χ0) is 11.6. The van der Waals surface area contributed by atoms with Gasteiger partial charge in [-0.25, -0.2) is 0 Å². The topological polar surface area (TPSA) is 20.2 Å². The molecule has 1 aliphatic carbocycles. The highest BCUT2D eigenvalue weighted by molar-refractivity contribution is 5.10. The molecule has 3 atom stereocenters. The highest BCUT2D eigenvalue weighted by atomic mass is 16.3. The standard InChI is InChI=1S/C14H24O/c1-10(2)12-6-7-14(5,9-15)13(8-12)11(3)4/h12-13,15H,1,3,6-9H2,2,4-5H3/t12-,13-,14-/m0/s1. The van der Waals surface area contributed by atoms with Crippen LogP contribution in [0, 0.1) is 17.3 Å². The van der Waals surface area contributed by atoms with Gasteiger partial charge in [-0.15, -0.1) is 0 Å². The number of aliphatic hydroxyl groups excluding tert-OH is 1. The van der Waals surface area contributed by atoms with Gasteiger partial charge in [0, 0.05) is 6.61 Å². The summed E-state index contributed by atoms with van der Waals surface area (Å²) in [5.41, 5.74) is 2.52. The minimum atomic E-state index is 0.0395. The van der Waals surface area contributed by atoms with Crippen LogP contribution in [0.3, 0.4) is 0 Å². The molecule has 0 aromatic heterocycles. The third kappa shape index (κ3) is 2.52. The number of aliphatic hydroxyl groups is 1. The predicted octanol–water partition coefficient (Wildman–Crippen LogP) is 3.55. The summed E-state index contributed by atoms with van der Waals surface area (Å²) in [5.74, 6) is 1.06. The summed E-state index contributed by atoms with van der Waals surface area (Å²) >= 11 is 0. The summed E-state index contributed by atoms with van der Waals surface area (Å²) in [7, 11) is 0. The smallest absolute Gasteiger partial charge is 0.0490 e. The molecule has 15 heavy (non-hydrogen) atoms. The van der Waals surface area contributed by atoms with Gasteiger partial charge in [0.05, 0.1) is 0 Å². The third-order valence-corrected chi connectivity index (χ3v) is 4.08. The van der Waals surface area contributed by atoms with Crippen LogP contribution in [0.1, 0.15) is 40.0 Å². The third-order valence-electron chi connectivity index (χ3n) is 4.08. The summed E-state index contributed by atoms with van der Waals surface area (Å²) < 4.78 is 0. The molecule has 1 nitrogen and oxygen atoms in total. The Morgan fingerprint density at radius 3 is 2.33 bits per heavy atom. The van der Waals surface area contributed by atoms with E-state index in [0.29, 0.717) is 11.8 Å². The zero-order valence-corrected chi connectivity index (χ0v) is 10.3.